The van der Waals surface area contributed by atoms with E-state index in [4.69, 9.17) is 0 Å². The summed E-state index contributed by atoms with van der Waals surface area (Å²) in [7, 11) is -2.94. The Labute approximate surface area is 250 Å². The molecule has 0 saturated carbocycles. The number of hydrogen-bond acceptors (Lipinski definition) is 6. The minimum absolute atomic E-state index is 0.0481. The molecule has 3 aromatic rings. The third-order valence-corrected chi connectivity index (χ3v) is 9.33. The Bertz CT molecular complexity index is 1650. The van der Waals surface area contributed by atoms with Crippen molar-refractivity contribution in [2.45, 2.75) is 37.1 Å². The van der Waals surface area contributed by atoms with Crippen LogP contribution in [0, 0.1) is 5.82 Å². The van der Waals surface area contributed by atoms with E-state index >= 15 is 0 Å². The predicted octanol–water partition coefficient (Wildman–Crippen LogP) is 5.92. The average Bonchev–Trinajstić information content (AvgIpc) is 2.94. The van der Waals surface area contributed by atoms with Crippen LogP contribution in [0.5, 0.6) is 5.75 Å². The van der Waals surface area contributed by atoms with Gasteiger partial charge >= 0.3 is 18.8 Å². The zero-order chi connectivity index (χ0) is 32.6. The van der Waals surface area contributed by atoms with E-state index in [1.165, 1.54) is 32.0 Å². The second-order valence-electron chi connectivity index (χ2n) is 10.6. The van der Waals surface area contributed by atoms with E-state index in [1.807, 2.05) is 0 Å². The van der Waals surface area contributed by atoms with Crippen LogP contribution in [-0.4, -0.2) is 69.8 Å². The molecule has 0 amide bonds. The van der Waals surface area contributed by atoms with Crippen molar-refractivity contribution in [3.63, 3.8) is 0 Å². The molecule has 0 radical (unpaired) electrons. The van der Waals surface area contributed by atoms with Crippen LogP contribution in [-0.2, 0) is 21.0 Å². The number of halogens is 6. The molecule has 238 valence electrons. The van der Waals surface area contributed by atoms with Gasteiger partial charge in [-0.25, -0.2) is 12.8 Å². The van der Waals surface area contributed by atoms with Gasteiger partial charge in [-0.2, -0.15) is 22.0 Å². The molecule has 0 atom stereocenters. The maximum absolute atomic E-state index is 14.3. The van der Waals surface area contributed by atoms with Crippen molar-refractivity contribution in [1.82, 2.24) is 4.90 Å². The van der Waals surface area contributed by atoms with Crippen LogP contribution in [0.1, 0.15) is 19.4 Å². The van der Waals surface area contributed by atoms with Gasteiger partial charge in [-0.1, -0.05) is 12.1 Å². The van der Waals surface area contributed by atoms with Gasteiger partial charge in [0.25, 0.3) is 10.0 Å². The maximum atomic E-state index is 14.3. The monoisotopic (exact) mass is 645 g/mol. The normalized spacial score (nSPS) is 14.2. The van der Waals surface area contributed by atoms with E-state index in [-0.39, 0.29) is 43.0 Å². The Hall–Kier alpha value is -3.98. The summed E-state index contributed by atoms with van der Waals surface area (Å²) in [6.45, 7) is 0.254. The molecule has 0 unspecified atom stereocenters. The van der Waals surface area contributed by atoms with E-state index in [0.717, 1.165) is 40.7 Å². The lowest BCUT2D eigenvalue weighted by Gasteiger charge is -2.40. The van der Waals surface area contributed by atoms with Gasteiger partial charge in [0.15, 0.2) is 0 Å². The molecular formula is C29H29F6N3O5S. The summed E-state index contributed by atoms with van der Waals surface area (Å²) >= 11 is 0. The molecule has 1 aliphatic rings. The molecule has 44 heavy (non-hydrogen) atoms. The van der Waals surface area contributed by atoms with Crippen molar-refractivity contribution < 1.29 is 49.4 Å². The van der Waals surface area contributed by atoms with Gasteiger partial charge < -0.3 is 14.7 Å². The number of sulfonamides is 1. The number of carboxylic acids is 1. The van der Waals surface area contributed by atoms with E-state index in [9.17, 15) is 44.7 Å². The van der Waals surface area contributed by atoms with E-state index in [0.29, 0.717) is 11.8 Å². The van der Waals surface area contributed by atoms with Crippen molar-refractivity contribution in [3.05, 3.63) is 72.0 Å². The summed E-state index contributed by atoms with van der Waals surface area (Å²) in [6, 6.07) is 10.7. The first-order valence-corrected chi connectivity index (χ1v) is 14.6. The predicted molar refractivity (Wildman–Crippen MR) is 151 cm³/mol. The fourth-order valence-corrected chi connectivity index (χ4v) is 6.19. The lowest BCUT2D eigenvalue weighted by atomic mass is 10.0. The number of carboxylic acid groups (broad SMARTS) is 1. The van der Waals surface area contributed by atoms with Crippen LogP contribution in [0.4, 0.5) is 37.7 Å². The highest BCUT2D eigenvalue weighted by Crippen LogP contribution is 2.41. The molecule has 8 nitrogen and oxygen atoms in total. The number of alkyl halides is 5. The number of aliphatic carboxylic acids is 1. The Morgan fingerprint density at radius 3 is 2.34 bits per heavy atom. The molecule has 0 bridgehead atoms. The Morgan fingerprint density at radius 2 is 1.70 bits per heavy atom. The molecule has 1 heterocycles. The fraction of sp³-hybridized carbons (Fsp3) is 0.345. The van der Waals surface area contributed by atoms with Crippen LogP contribution in [0.2, 0.25) is 0 Å². The zero-order valence-corrected chi connectivity index (χ0v) is 24.6. The summed E-state index contributed by atoms with van der Waals surface area (Å²) in [6.07, 6.45) is -4.79. The van der Waals surface area contributed by atoms with Crippen LogP contribution in [0.15, 0.2) is 65.6 Å². The van der Waals surface area contributed by atoms with Gasteiger partial charge in [0, 0.05) is 25.7 Å². The molecule has 0 aliphatic carbocycles. The topological polar surface area (TPSA) is 90.4 Å². The number of anilines is 2. The molecule has 0 fully saturated rings. The van der Waals surface area contributed by atoms with Gasteiger partial charge in [-0.15, -0.1) is 0 Å². The second kappa shape index (κ2) is 12.2. The summed E-state index contributed by atoms with van der Waals surface area (Å²) in [5, 5.41) is 9.56. The molecule has 0 saturated heterocycles. The number of rotatable bonds is 10. The Balaban J connectivity index is 1.80. The highest BCUT2D eigenvalue weighted by Gasteiger charge is 2.37. The van der Waals surface area contributed by atoms with Crippen molar-refractivity contribution in [1.29, 1.82) is 0 Å². The first kappa shape index (κ1) is 32.9. The first-order valence-electron chi connectivity index (χ1n) is 13.2. The van der Waals surface area contributed by atoms with Gasteiger partial charge in [-0.3, -0.25) is 14.0 Å². The maximum Gasteiger partial charge on any atom is 0.416 e. The number of nitrogens with zero attached hydrogens (tertiary/aromatic N) is 3. The third kappa shape index (κ3) is 6.88. The molecule has 15 heteroatoms. The van der Waals surface area contributed by atoms with Gasteiger partial charge in [0.2, 0.25) is 0 Å². The Kier molecular flexibility index (Phi) is 9.12. The Morgan fingerprint density at radius 1 is 1.00 bits per heavy atom. The minimum Gasteiger partial charge on any atom is -0.480 e. The lowest BCUT2D eigenvalue weighted by Crippen LogP contribution is -2.52. The van der Waals surface area contributed by atoms with Crippen molar-refractivity contribution >= 4 is 27.4 Å². The van der Waals surface area contributed by atoms with Crippen LogP contribution in [0.3, 0.4) is 0 Å². The third-order valence-electron chi connectivity index (χ3n) is 7.52. The van der Waals surface area contributed by atoms with E-state index in [1.54, 1.807) is 16.8 Å². The standard InChI is InChI=1S/C29H29F6N3O5S/c1-28(2,26(39)40)36(3)9-10-37-11-12-38(44(41,42)23-6-4-5-20(16-23)29(33,34)35)25-15-18(7-8-24(25)37)19-13-21(30)17-22(14-19)43-27(31)32/h4-8,13-17,27H,9-12H2,1-3H3,(H,39,40). The van der Waals surface area contributed by atoms with Gasteiger partial charge in [0.1, 0.15) is 17.1 Å². The summed E-state index contributed by atoms with van der Waals surface area (Å²) in [4.78, 5) is 14.5. The second-order valence-corrected chi connectivity index (χ2v) is 12.5. The molecule has 4 rings (SSSR count). The smallest absolute Gasteiger partial charge is 0.416 e. The summed E-state index contributed by atoms with van der Waals surface area (Å²) < 4.78 is 113. The van der Waals surface area contributed by atoms with Crippen molar-refractivity contribution in [3.8, 4) is 16.9 Å². The van der Waals surface area contributed by atoms with Crippen LogP contribution in [0.25, 0.3) is 11.1 Å². The van der Waals surface area contributed by atoms with Crippen molar-refractivity contribution in [2.24, 2.45) is 0 Å². The molecule has 0 aromatic heterocycles. The average molecular weight is 646 g/mol. The van der Waals surface area contributed by atoms with Crippen molar-refractivity contribution in [2.75, 3.05) is 42.4 Å². The summed E-state index contributed by atoms with van der Waals surface area (Å²) in [5.41, 5.74) is -1.65. The highest BCUT2D eigenvalue weighted by atomic mass is 32.2. The molecular weight excluding hydrogens is 616 g/mol. The number of likely N-dealkylation sites (N-methyl/N-ethyl adjacent to an activating group) is 1. The number of carbonyl (C=O) groups is 1. The van der Waals surface area contributed by atoms with Crippen LogP contribution < -0.4 is 13.9 Å². The quantitative estimate of drug-likeness (QED) is 0.274. The largest absolute Gasteiger partial charge is 0.480 e. The SMILES string of the molecule is CN(CCN1CCN(S(=O)(=O)c2cccc(C(F)(F)F)c2)c2cc(-c3cc(F)cc(OC(F)F)c3)ccc21)C(C)(C)C(=O)O. The number of fused-ring (bicyclic) bond motifs is 1. The lowest BCUT2D eigenvalue weighted by molar-refractivity contribution is -0.148. The number of hydrogen-bond donors (Lipinski definition) is 1. The number of ether oxygens (including phenoxy) is 1. The highest BCUT2D eigenvalue weighted by molar-refractivity contribution is 7.92. The van der Waals surface area contributed by atoms with Gasteiger partial charge in [0.05, 0.1) is 28.4 Å². The van der Waals surface area contributed by atoms with Crippen LogP contribution >= 0.6 is 0 Å². The molecule has 0 spiro atoms. The van der Waals surface area contributed by atoms with Gasteiger partial charge in [-0.05, 0) is 74.5 Å². The molecule has 3 aromatic carbocycles. The first-order chi connectivity index (χ1) is 20.4. The van der Waals surface area contributed by atoms with E-state index < -0.39 is 56.3 Å². The number of benzene rings is 3. The van der Waals surface area contributed by atoms with E-state index in [2.05, 4.69) is 4.74 Å². The zero-order valence-electron chi connectivity index (χ0n) is 23.8. The molecule has 1 aliphatic heterocycles. The molecule has 1 N–H and O–H groups in total. The minimum atomic E-state index is -4.79. The summed E-state index contributed by atoms with van der Waals surface area (Å²) in [5.74, 6) is -2.41. The fourth-order valence-electron chi connectivity index (χ4n) is 4.68.